The van der Waals surface area contributed by atoms with Crippen molar-refractivity contribution < 1.29 is 14.6 Å². The van der Waals surface area contributed by atoms with Crippen LogP contribution in [0.2, 0.25) is 5.02 Å². The van der Waals surface area contributed by atoms with Crippen LogP contribution in [0.5, 0.6) is 5.75 Å². The summed E-state index contributed by atoms with van der Waals surface area (Å²) in [6, 6.07) is 15.1. The Kier molecular flexibility index (Phi) is 5.34. The highest BCUT2D eigenvalue weighted by atomic mass is 35.5. The molecule has 2 heterocycles. The molecule has 2 aromatic carbocycles. The molecule has 3 atom stereocenters. The Balaban J connectivity index is 1.31. The molecule has 2 N–H and O–H groups in total. The number of ether oxygens (including phenoxy) is 1. The largest absolute Gasteiger partial charge is 0.508 e. The van der Waals surface area contributed by atoms with Crippen LogP contribution in [0.4, 0.5) is 0 Å². The topological polar surface area (TPSA) is 61.8 Å². The van der Waals surface area contributed by atoms with E-state index in [4.69, 9.17) is 16.3 Å². The Morgan fingerprint density at radius 3 is 2.63 bits per heavy atom. The molecule has 0 bridgehead atoms. The number of nitrogens with zero attached hydrogens (tertiary/aromatic N) is 1. The van der Waals surface area contributed by atoms with E-state index in [9.17, 15) is 9.90 Å². The first kappa shape index (κ1) is 18.3. The van der Waals surface area contributed by atoms with Crippen LogP contribution in [0.3, 0.4) is 0 Å². The predicted octanol–water partition coefficient (Wildman–Crippen LogP) is 2.92. The standard InChI is InChI=1S/C21H23ClN2O3/c22-16-5-3-15(4-6-16)20-12-24-11-17(10-18(24)13-27-20)23-21(26)9-14-1-7-19(25)8-2-14/h1-8,17-18,20,25H,9-13H2,(H,23,26)/t17-,18-,20+/m0/s1. The summed E-state index contributed by atoms with van der Waals surface area (Å²) in [5, 5.41) is 13.2. The summed E-state index contributed by atoms with van der Waals surface area (Å²) in [5.74, 6) is 0.225. The second-order valence-corrected chi connectivity index (χ2v) is 7.76. The van der Waals surface area contributed by atoms with Crippen LogP contribution in [-0.4, -0.2) is 47.7 Å². The van der Waals surface area contributed by atoms with Gasteiger partial charge in [-0.05, 0) is 41.8 Å². The Hall–Kier alpha value is -2.08. The van der Waals surface area contributed by atoms with Crippen LogP contribution in [-0.2, 0) is 16.0 Å². The second-order valence-electron chi connectivity index (χ2n) is 7.32. The summed E-state index contributed by atoms with van der Waals surface area (Å²) in [6.07, 6.45) is 1.28. The molecule has 2 saturated heterocycles. The minimum absolute atomic E-state index is 0.0145. The summed E-state index contributed by atoms with van der Waals surface area (Å²) in [5.41, 5.74) is 2.03. The molecule has 4 rings (SSSR count). The number of phenolic OH excluding ortho intramolecular Hbond substituents is 1. The van der Waals surface area contributed by atoms with Gasteiger partial charge in [0, 0.05) is 30.2 Å². The van der Waals surface area contributed by atoms with Gasteiger partial charge in [-0.3, -0.25) is 9.69 Å². The Morgan fingerprint density at radius 1 is 1.15 bits per heavy atom. The number of fused-ring (bicyclic) bond motifs is 1. The van der Waals surface area contributed by atoms with Gasteiger partial charge in [-0.2, -0.15) is 0 Å². The Bertz CT molecular complexity index is 794. The van der Waals surface area contributed by atoms with E-state index in [0.29, 0.717) is 19.1 Å². The third-order valence-corrected chi connectivity index (χ3v) is 5.58. The maximum Gasteiger partial charge on any atom is 0.224 e. The number of rotatable bonds is 4. The molecule has 2 fully saturated rings. The third-order valence-electron chi connectivity index (χ3n) is 5.33. The van der Waals surface area contributed by atoms with Gasteiger partial charge < -0.3 is 15.2 Å². The van der Waals surface area contributed by atoms with Gasteiger partial charge in [0.1, 0.15) is 5.75 Å². The number of hydrogen-bond donors (Lipinski definition) is 2. The van der Waals surface area contributed by atoms with E-state index in [1.807, 2.05) is 24.3 Å². The minimum Gasteiger partial charge on any atom is -0.508 e. The maximum atomic E-state index is 12.3. The summed E-state index contributed by atoms with van der Waals surface area (Å²) in [7, 11) is 0. The average molecular weight is 387 g/mol. The van der Waals surface area contributed by atoms with Crippen LogP contribution < -0.4 is 5.32 Å². The molecule has 5 nitrogen and oxygen atoms in total. The van der Waals surface area contributed by atoms with Crippen molar-refractivity contribution in [2.75, 3.05) is 19.7 Å². The summed E-state index contributed by atoms with van der Waals surface area (Å²) in [6.45, 7) is 2.35. The van der Waals surface area contributed by atoms with Gasteiger partial charge in [-0.15, -0.1) is 0 Å². The maximum absolute atomic E-state index is 12.3. The quantitative estimate of drug-likeness (QED) is 0.848. The van der Waals surface area contributed by atoms with Crippen molar-refractivity contribution >= 4 is 17.5 Å². The molecular weight excluding hydrogens is 364 g/mol. The smallest absolute Gasteiger partial charge is 0.224 e. The first-order valence-corrected chi connectivity index (χ1v) is 9.63. The zero-order valence-electron chi connectivity index (χ0n) is 15.0. The Morgan fingerprint density at radius 2 is 1.89 bits per heavy atom. The van der Waals surface area contributed by atoms with Crippen molar-refractivity contribution in [3.05, 3.63) is 64.7 Å². The first-order valence-electron chi connectivity index (χ1n) is 9.25. The van der Waals surface area contributed by atoms with Gasteiger partial charge >= 0.3 is 0 Å². The van der Waals surface area contributed by atoms with E-state index in [-0.39, 0.29) is 23.8 Å². The van der Waals surface area contributed by atoms with Crippen LogP contribution in [0.25, 0.3) is 0 Å². The molecule has 0 unspecified atom stereocenters. The molecule has 27 heavy (non-hydrogen) atoms. The number of amides is 1. The van der Waals surface area contributed by atoms with Gasteiger partial charge in [0.2, 0.25) is 5.91 Å². The summed E-state index contributed by atoms with van der Waals surface area (Å²) >= 11 is 5.97. The van der Waals surface area contributed by atoms with Crippen molar-refractivity contribution in [1.29, 1.82) is 0 Å². The minimum atomic E-state index is 0.0145. The van der Waals surface area contributed by atoms with Gasteiger partial charge in [0.15, 0.2) is 0 Å². The molecule has 0 aliphatic carbocycles. The molecule has 0 spiro atoms. The second kappa shape index (κ2) is 7.89. The first-order chi connectivity index (χ1) is 13.1. The van der Waals surface area contributed by atoms with Gasteiger partial charge in [0.05, 0.1) is 19.1 Å². The van der Waals surface area contributed by atoms with E-state index < -0.39 is 0 Å². The zero-order valence-corrected chi connectivity index (χ0v) is 15.7. The van der Waals surface area contributed by atoms with Crippen molar-refractivity contribution in [2.45, 2.75) is 31.0 Å². The zero-order chi connectivity index (χ0) is 18.8. The van der Waals surface area contributed by atoms with Crippen molar-refractivity contribution in [1.82, 2.24) is 10.2 Å². The van der Waals surface area contributed by atoms with Gasteiger partial charge in [0.25, 0.3) is 0 Å². The number of phenols is 1. The van der Waals surface area contributed by atoms with Crippen molar-refractivity contribution in [3.63, 3.8) is 0 Å². The Labute approximate surface area is 163 Å². The van der Waals surface area contributed by atoms with Gasteiger partial charge in [-0.25, -0.2) is 0 Å². The highest BCUT2D eigenvalue weighted by Crippen LogP contribution is 2.30. The van der Waals surface area contributed by atoms with Crippen molar-refractivity contribution in [2.24, 2.45) is 0 Å². The molecule has 2 aromatic rings. The number of aromatic hydroxyl groups is 1. The lowest BCUT2D eigenvalue weighted by atomic mass is 10.1. The number of nitrogens with one attached hydrogen (secondary N) is 1. The lowest BCUT2D eigenvalue weighted by molar-refractivity contribution is -0.121. The lowest BCUT2D eigenvalue weighted by Gasteiger charge is -2.35. The molecule has 142 valence electrons. The average Bonchev–Trinajstić information content (AvgIpc) is 3.05. The molecule has 2 aliphatic heterocycles. The van der Waals surface area contributed by atoms with E-state index in [1.165, 1.54) is 0 Å². The monoisotopic (exact) mass is 386 g/mol. The molecule has 0 radical (unpaired) electrons. The van der Waals surface area contributed by atoms with E-state index >= 15 is 0 Å². The van der Waals surface area contributed by atoms with E-state index in [0.717, 1.165) is 35.7 Å². The number of benzene rings is 2. The number of halogens is 1. The fraction of sp³-hybridized carbons (Fsp3) is 0.381. The van der Waals surface area contributed by atoms with E-state index in [2.05, 4.69) is 10.2 Å². The molecule has 2 aliphatic rings. The SMILES string of the molecule is O=C(Cc1ccc(O)cc1)N[C@H]1C[C@H]2CO[C@@H](c3ccc(Cl)cc3)CN2C1. The lowest BCUT2D eigenvalue weighted by Crippen LogP contribution is -2.43. The molecule has 0 saturated carbocycles. The molecular formula is C21H23ClN2O3. The fourth-order valence-electron chi connectivity index (χ4n) is 3.94. The highest BCUT2D eigenvalue weighted by molar-refractivity contribution is 6.30. The number of carbonyl (C=O) groups excluding carboxylic acids is 1. The third kappa shape index (κ3) is 4.43. The molecule has 1 amide bonds. The van der Waals surface area contributed by atoms with E-state index in [1.54, 1.807) is 24.3 Å². The number of carbonyl (C=O) groups is 1. The predicted molar refractivity (Wildman–Crippen MR) is 104 cm³/mol. The summed E-state index contributed by atoms with van der Waals surface area (Å²) in [4.78, 5) is 14.8. The highest BCUT2D eigenvalue weighted by Gasteiger charge is 2.38. The number of hydrogen-bond acceptors (Lipinski definition) is 4. The summed E-state index contributed by atoms with van der Waals surface area (Å²) < 4.78 is 6.06. The van der Waals surface area contributed by atoms with Crippen LogP contribution in [0, 0.1) is 0 Å². The molecule has 0 aromatic heterocycles. The van der Waals surface area contributed by atoms with Crippen LogP contribution in [0.1, 0.15) is 23.7 Å². The van der Waals surface area contributed by atoms with Crippen LogP contribution >= 0.6 is 11.6 Å². The van der Waals surface area contributed by atoms with Crippen LogP contribution in [0.15, 0.2) is 48.5 Å². The fourth-order valence-corrected chi connectivity index (χ4v) is 4.06. The number of morpholine rings is 1. The van der Waals surface area contributed by atoms with Crippen molar-refractivity contribution in [3.8, 4) is 5.75 Å². The molecule has 6 heteroatoms. The van der Waals surface area contributed by atoms with Gasteiger partial charge in [-0.1, -0.05) is 35.9 Å². The normalized spacial score (nSPS) is 25.1.